The Kier molecular flexibility index (Phi) is 6.91. The Morgan fingerprint density at radius 3 is 2.75 bits per heavy atom. The van der Waals surface area contributed by atoms with E-state index in [4.69, 9.17) is 5.73 Å². The number of halogens is 2. The lowest BCUT2D eigenvalue weighted by Crippen LogP contribution is -2.42. The van der Waals surface area contributed by atoms with Crippen LogP contribution in [0.5, 0.6) is 0 Å². The van der Waals surface area contributed by atoms with Gasteiger partial charge in [0.15, 0.2) is 0 Å². The Morgan fingerprint density at radius 2 is 2.10 bits per heavy atom. The van der Waals surface area contributed by atoms with Crippen molar-refractivity contribution in [3.63, 3.8) is 0 Å². The first-order valence-electron chi connectivity index (χ1n) is 6.64. The van der Waals surface area contributed by atoms with E-state index in [0.29, 0.717) is 25.7 Å². The molecule has 1 heterocycles. The standard InChI is InChI=1S/C14H20FN3O.ClH/c15-12-5-3-11(4-6-12)9-17-14(19)10-18-7-1-2-13(18)8-16;/h3-6,13H,1-2,7-10,16H2,(H,17,19);1H. The third-order valence-electron chi connectivity index (χ3n) is 3.52. The number of nitrogens with zero attached hydrogens (tertiary/aromatic N) is 1. The predicted molar refractivity (Wildman–Crippen MR) is 79.1 cm³/mol. The van der Waals surface area contributed by atoms with Gasteiger partial charge in [0, 0.05) is 19.1 Å². The Morgan fingerprint density at radius 1 is 1.40 bits per heavy atom. The monoisotopic (exact) mass is 301 g/mol. The van der Waals surface area contributed by atoms with Gasteiger partial charge in [-0.15, -0.1) is 12.4 Å². The van der Waals surface area contributed by atoms with Crippen LogP contribution in [0.2, 0.25) is 0 Å². The van der Waals surface area contributed by atoms with Crippen LogP contribution in [0.3, 0.4) is 0 Å². The summed E-state index contributed by atoms with van der Waals surface area (Å²) in [6, 6.07) is 6.47. The van der Waals surface area contributed by atoms with Crippen molar-refractivity contribution in [2.24, 2.45) is 5.73 Å². The zero-order valence-electron chi connectivity index (χ0n) is 11.3. The van der Waals surface area contributed by atoms with E-state index in [2.05, 4.69) is 10.2 Å². The fraction of sp³-hybridized carbons (Fsp3) is 0.500. The molecule has 2 rings (SSSR count). The van der Waals surface area contributed by atoms with Gasteiger partial charge in [0.05, 0.1) is 6.54 Å². The largest absolute Gasteiger partial charge is 0.351 e. The number of likely N-dealkylation sites (tertiary alicyclic amines) is 1. The van der Waals surface area contributed by atoms with E-state index in [0.717, 1.165) is 24.9 Å². The van der Waals surface area contributed by atoms with Gasteiger partial charge in [0.25, 0.3) is 0 Å². The molecule has 1 amide bonds. The number of carbonyl (C=O) groups is 1. The van der Waals surface area contributed by atoms with Gasteiger partial charge in [0.2, 0.25) is 5.91 Å². The van der Waals surface area contributed by atoms with E-state index in [9.17, 15) is 9.18 Å². The maximum Gasteiger partial charge on any atom is 0.234 e. The first kappa shape index (κ1) is 16.9. The lowest BCUT2D eigenvalue weighted by Gasteiger charge is -2.22. The molecule has 0 spiro atoms. The van der Waals surface area contributed by atoms with Crippen LogP contribution in [0, 0.1) is 5.82 Å². The molecule has 0 radical (unpaired) electrons. The summed E-state index contributed by atoms with van der Waals surface area (Å²) in [5.74, 6) is -0.275. The number of hydrogen-bond acceptors (Lipinski definition) is 3. The molecule has 0 saturated carbocycles. The van der Waals surface area contributed by atoms with Crippen molar-refractivity contribution in [1.82, 2.24) is 10.2 Å². The van der Waals surface area contributed by atoms with Crippen molar-refractivity contribution in [2.45, 2.75) is 25.4 Å². The molecule has 1 fully saturated rings. The fourth-order valence-electron chi connectivity index (χ4n) is 2.41. The van der Waals surface area contributed by atoms with E-state index in [1.165, 1.54) is 12.1 Å². The van der Waals surface area contributed by atoms with Gasteiger partial charge in [-0.25, -0.2) is 4.39 Å². The second-order valence-corrected chi connectivity index (χ2v) is 4.91. The van der Waals surface area contributed by atoms with Crippen LogP contribution in [-0.2, 0) is 11.3 Å². The SMILES string of the molecule is Cl.NCC1CCCN1CC(=O)NCc1ccc(F)cc1. The van der Waals surface area contributed by atoms with Gasteiger partial charge in [0.1, 0.15) is 5.82 Å². The van der Waals surface area contributed by atoms with Crippen molar-refractivity contribution in [3.8, 4) is 0 Å². The number of carbonyl (C=O) groups excluding carboxylic acids is 1. The lowest BCUT2D eigenvalue weighted by molar-refractivity contribution is -0.122. The van der Waals surface area contributed by atoms with E-state index >= 15 is 0 Å². The highest BCUT2D eigenvalue weighted by atomic mass is 35.5. The molecule has 1 aliphatic heterocycles. The zero-order chi connectivity index (χ0) is 13.7. The predicted octanol–water partition coefficient (Wildman–Crippen LogP) is 1.29. The molecule has 1 saturated heterocycles. The summed E-state index contributed by atoms with van der Waals surface area (Å²) < 4.78 is 12.7. The van der Waals surface area contributed by atoms with Gasteiger partial charge in [-0.2, -0.15) is 0 Å². The molecule has 0 aliphatic carbocycles. The van der Waals surface area contributed by atoms with E-state index in [1.807, 2.05) is 0 Å². The normalized spacial score (nSPS) is 18.6. The molecule has 112 valence electrons. The quantitative estimate of drug-likeness (QED) is 0.861. The van der Waals surface area contributed by atoms with Crippen LogP contribution in [0.4, 0.5) is 4.39 Å². The minimum Gasteiger partial charge on any atom is -0.351 e. The summed E-state index contributed by atoms with van der Waals surface area (Å²) in [6.07, 6.45) is 2.18. The average Bonchev–Trinajstić information content (AvgIpc) is 2.85. The molecule has 20 heavy (non-hydrogen) atoms. The second-order valence-electron chi connectivity index (χ2n) is 4.91. The van der Waals surface area contributed by atoms with Crippen LogP contribution < -0.4 is 11.1 Å². The Balaban J connectivity index is 0.00000200. The Labute approximate surface area is 124 Å². The van der Waals surface area contributed by atoms with Crippen LogP contribution in [0.25, 0.3) is 0 Å². The molecule has 6 heteroatoms. The number of benzene rings is 1. The van der Waals surface area contributed by atoms with Crippen LogP contribution in [-0.4, -0.2) is 36.5 Å². The molecule has 1 aliphatic rings. The molecule has 4 nitrogen and oxygen atoms in total. The highest BCUT2D eigenvalue weighted by Crippen LogP contribution is 2.15. The van der Waals surface area contributed by atoms with Crippen molar-refractivity contribution >= 4 is 18.3 Å². The molecule has 0 bridgehead atoms. The zero-order valence-corrected chi connectivity index (χ0v) is 12.2. The van der Waals surface area contributed by atoms with Crippen molar-refractivity contribution in [2.75, 3.05) is 19.6 Å². The molecule has 1 unspecified atom stereocenters. The third-order valence-corrected chi connectivity index (χ3v) is 3.52. The number of rotatable bonds is 5. The molecular formula is C14H21ClFN3O. The number of nitrogens with two attached hydrogens (primary N) is 1. The van der Waals surface area contributed by atoms with Crippen molar-refractivity contribution in [1.29, 1.82) is 0 Å². The number of hydrogen-bond donors (Lipinski definition) is 2. The van der Waals surface area contributed by atoms with Crippen molar-refractivity contribution < 1.29 is 9.18 Å². The maximum absolute atomic E-state index is 12.7. The molecule has 1 atom stereocenters. The molecule has 1 aromatic carbocycles. The Bertz CT molecular complexity index is 427. The van der Waals surface area contributed by atoms with Crippen LogP contribution in [0.15, 0.2) is 24.3 Å². The number of nitrogens with one attached hydrogen (secondary N) is 1. The van der Waals surface area contributed by atoms with Crippen molar-refractivity contribution in [3.05, 3.63) is 35.6 Å². The maximum atomic E-state index is 12.7. The van der Waals surface area contributed by atoms with Gasteiger partial charge in [-0.05, 0) is 37.1 Å². The third kappa shape index (κ3) is 4.74. The topological polar surface area (TPSA) is 58.4 Å². The van der Waals surface area contributed by atoms with E-state index in [-0.39, 0.29) is 24.1 Å². The highest BCUT2D eigenvalue weighted by Gasteiger charge is 2.24. The van der Waals surface area contributed by atoms with Gasteiger partial charge in [-0.3, -0.25) is 9.69 Å². The first-order chi connectivity index (χ1) is 9.19. The molecule has 3 N–H and O–H groups in total. The average molecular weight is 302 g/mol. The van der Waals surface area contributed by atoms with E-state index in [1.54, 1.807) is 12.1 Å². The summed E-state index contributed by atoms with van der Waals surface area (Å²) >= 11 is 0. The molecular weight excluding hydrogens is 281 g/mol. The first-order valence-corrected chi connectivity index (χ1v) is 6.64. The van der Waals surface area contributed by atoms with Crippen LogP contribution >= 0.6 is 12.4 Å². The summed E-state index contributed by atoms with van der Waals surface area (Å²) in [5.41, 5.74) is 6.57. The second kappa shape index (κ2) is 8.19. The summed E-state index contributed by atoms with van der Waals surface area (Å²) in [6.45, 7) is 2.36. The number of amides is 1. The minimum absolute atomic E-state index is 0. The summed E-state index contributed by atoms with van der Waals surface area (Å²) in [4.78, 5) is 14.0. The van der Waals surface area contributed by atoms with Gasteiger partial charge in [-0.1, -0.05) is 12.1 Å². The van der Waals surface area contributed by atoms with Gasteiger partial charge >= 0.3 is 0 Å². The highest BCUT2D eigenvalue weighted by molar-refractivity contribution is 5.85. The minimum atomic E-state index is -0.266. The Hall–Kier alpha value is -1.17. The summed E-state index contributed by atoms with van der Waals surface area (Å²) in [7, 11) is 0. The van der Waals surface area contributed by atoms with Crippen LogP contribution in [0.1, 0.15) is 18.4 Å². The lowest BCUT2D eigenvalue weighted by atomic mass is 10.2. The smallest absolute Gasteiger partial charge is 0.234 e. The molecule has 1 aromatic rings. The summed E-state index contributed by atoms with van der Waals surface area (Å²) in [5, 5.41) is 2.85. The van der Waals surface area contributed by atoms with Gasteiger partial charge < -0.3 is 11.1 Å². The molecule has 0 aromatic heterocycles. The fourth-order valence-corrected chi connectivity index (χ4v) is 2.41. The van der Waals surface area contributed by atoms with E-state index < -0.39 is 0 Å².